The minimum absolute atomic E-state index is 0.178. The Morgan fingerprint density at radius 3 is 2.72 bits per heavy atom. The van der Waals surface area contributed by atoms with Crippen LogP contribution in [0.15, 0.2) is 60.9 Å². The molecule has 1 aliphatic carbocycles. The largest absolute Gasteiger partial charge is 0.487 e. The molecule has 6 rings (SSSR count). The van der Waals surface area contributed by atoms with Crippen molar-refractivity contribution in [1.29, 1.82) is 0 Å². The second-order valence-corrected chi connectivity index (χ2v) is 15.8. The third-order valence-corrected chi connectivity index (χ3v) is 12.6. The van der Waals surface area contributed by atoms with Crippen molar-refractivity contribution in [2.45, 2.75) is 76.4 Å². The number of halogens is 1. The first-order valence-electron chi connectivity index (χ1n) is 16.5. The maximum Gasteiger partial charge on any atom is 0.264 e. The fourth-order valence-corrected chi connectivity index (χ4v) is 8.68. The number of carbonyl (C=O) groups is 1. The summed E-state index contributed by atoms with van der Waals surface area (Å²) in [5, 5.41) is 8.19. The Labute approximate surface area is 282 Å². The Morgan fingerprint density at radius 2 is 1.98 bits per heavy atom. The molecular formula is C35H44ClN5O5S. The number of anilines is 1. The van der Waals surface area contributed by atoms with Crippen LogP contribution in [0.25, 0.3) is 0 Å². The highest BCUT2D eigenvalue weighted by Gasteiger charge is 2.48. The lowest BCUT2D eigenvalue weighted by atomic mass is 9.64. The molecule has 2 aliphatic heterocycles. The number of methoxy groups -OCH3 is 1. The Kier molecular flexibility index (Phi) is 9.96. The summed E-state index contributed by atoms with van der Waals surface area (Å²) >= 11 is 6.36. The number of aromatic nitrogens is 3. The Bertz CT molecular complexity index is 1710. The fourth-order valence-electron chi connectivity index (χ4n) is 7.20. The summed E-state index contributed by atoms with van der Waals surface area (Å²) in [5.74, 6) is 0.219. The van der Waals surface area contributed by atoms with E-state index in [2.05, 4.69) is 26.0 Å². The van der Waals surface area contributed by atoms with E-state index in [0.717, 1.165) is 56.4 Å². The number of sulfonamides is 1. The molecule has 1 amide bonds. The quantitative estimate of drug-likeness (QED) is 0.345. The van der Waals surface area contributed by atoms with Gasteiger partial charge in [0.1, 0.15) is 18.0 Å². The van der Waals surface area contributed by atoms with Gasteiger partial charge in [-0.1, -0.05) is 42.0 Å². The van der Waals surface area contributed by atoms with E-state index >= 15 is 0 Å². The molecule has 2 bridgehead atoms. The Morgan fingerprint density at radius 1 is 1.13 bits per heavy atom. The van der Waals surface area contributed by atoms with Gasteiger partial charge in [0.05, 0.1) is 23.7 Å². The average molecular weight is 682 g/mol. The van der Waals surface area contributed by atoms with Crippen molar-refractivity contribution in [3.8, 4) is 5.75 Å². The van der Waals surface area contributed by atoms with Crippen LogP contribution >= 0.6 is 11.6 Å². The monoisotopic (exact) mass is 681 g/mol. The van der Waals surface area contributed by atoms with Crippen LogP contribution in [0.2, 0.25) is 5.02 Å². The van der Waals surface area contributed by atoms with Gasteiger partial charge in [0, 0.05) is 37.0 Å². The molecular weight excluding hydrogens is 638 g/mol. The number of carbonyl (C=O) groups excluding carboxylic acids is 1. The molecule has 1 N–H and O–H groups in total. The number of benzene rings is 2. The molecule has 0 spiro atoms. The van der Waals surface area contributed by atoms with Crippen LogP contribution in [0.1, 0.15) is 67.4 Å². The Balaban J connectivity index is 1.42. The van der Waals surface area contributed by atoms with Crippen LogP contribution in [0, 0.1) is 17.8 Å². The predicted molar refractivity (Wildman–Crippen MR) is 182 cm³/mol. The van der Waals surface area contributed by atoms with Gasteiger partial charge >= 0.3 is 0 Å². The van der Waals surface area contributed by atoms with E-state index in [0.29, 0.717) is 36.3 Å². The normalized spacial score (nSPS) is 28.8. The van der Waals surface area contributed by atoms with Crippen LogP contribution < -0.4 is 14.4 Å². The lowest BCUT2D eigenvalue weighted by molar-refractivity contribution is -0.0868. The number of nitrogens with zero attached hydrogens (tertiary/aromatic N) is 4. The van der Waals surface area contributed by atoms with E-state index in [9.17, 15) is 13.2 Å². The molecule has 0 unspecified atom stereocenters. The number of rotatable bonds is 3. The maximum absolute atomic E-state index is 13.5. The molecule has 2 aromatic carbocycles. The highest BCUT2D eigenvalue weighted by molar-refractivity contribution is 7.90. The van der Waals surface area contributed by atoms with Crippen LogP contribution in [0.4, 0.5) is 5.69 Å². The summed E-state index contributed by atoms with van der Waals surface area (Å²) in [4.78, 5) is 15.8. The SMILES string of the molecule is CO[C@]1(Cn2ccnn2)/C=C/C[C@H](C)[C@@H](C)S(=O)(=O)NC(=O)c2ccc3c(c2)N(CCCCc2cc(Cl)ccc2CO3)C[C@@H]2CC[C@H]21. The molecule has 47 heavy (non-hydrogen) atoms. The minimum Gasteiger partial charge on any atom is -0.487 e. The van der Waals surface area contributed by atoms with Crippen molar-refractivity contribution < 1.29 is 22.7 Å². The summed E-state index contributed by atoms with van der Waals surface area (Å²) in [6, 6.07) is 11.1. The number of ether oxygens (including phenoxy) is 2. The smallest absolute Gasteiger partial charge is 0.264 e. The van der Waals surface area contributed by atoms with E-state index < -0.39 is 26.8 Å². The number of hydrogen-bond acceptors (Lipinski definition) is 8. The van der Waals surface area contributed by atoms with E-state index in [1.807, 2.05) is 37.4 Å². The predicted octanol–water partition coefficient (Wildman–Crippen LogP) is 5.81. The second kappa shape index (κ2) is 14.0. The molecule has 1 saturated carbocycles. The number of aryl methyl sites for hydroxylation is 1. The first-order chi connectivity index (χ1) is 22.6. The van der Waals surface area contributed by atoms with Gasteiger partial charge in [-0.3, -0.25) is 4.79 Å². The summed E-state index contributed by atoms with van der Waals surface area (Å²) < 4.78 is 43.9. The minimum atomic E-state index is -3.96. The van der Waals surface area contributed by atoms with E-state index in [4.69, 9.17) is 21.1 Å². The van der Waals surface area contributed by atoms with Crippen LogP contribution in [-0.2, 0) is 34.3 Å². The molecule has 1 aromatic heterocycles. The van der Waals surface area contributed by atoms with E-state index in [-0.39, 0.29) is 17.4 Å². The molecule has 0 saturated heterocycles. The van der Waals surface area contributed by atoms with Gasteiger partial charge in [-0.25, -0.2) is 17.8 Å². The summed E-state index contributed by atoms with van der Waals surface area (Å²) in [6.07, 6.45) is 12.9. The highest BCUT2D eigenvalue weighted by Crippen LogP contribution is 2.47. The van der Waals surface area contributed by atoms with Gasteiger partial charge in [0.15, 0.2) is 0 Å². The zero-order chi connectivity index (χ0) is 33.2. The standard InChI is InChI=1S/C35H44ClN5O5S/c1-24-7-6-15-35(45-3,23-41-18-16-37-39-41)31-13-10-28(31)21-40-17-5-4-8-26-19-30(36)12-9-29(26)22-46-33-14-11-27(20-32(33)40)34(42)38-47(43,44)25(24)2/h6,9,11-12,14-16,18-20,24-25,28,31H,4-5,7-8,10,13,17,21-23H2,1-3H3,(H,38,42)/b15-6+/t24-,25+,28-,31+,35-/m0/s1. The molecule has 0 radical (unpaired) electrons. The van der Waals surface area contributed by atoms with Crippen LogP contribution in [0.5, 0.6) is 5.75 Å². The lowest BCUT2D eigenvalue weighted by Crippen LogP contribution is -2.53. The molecule has 252 valence electrons. The highest BCUT2D eigenvalue weighted by atomic mass is 35.5. The number of hydrogen-bond donors (Lipinski definition) is 1. The van der Waals surface area contributed by atoms with Crippen LogP contribution in [-0.4, -0.2) is 60.4 Å². The molecule has 1 fully saturated rings. The zero-order valence-electron chi connectivity index (χ0n) is 27.3. The summed E-state index contributed by atoms with van der Waals surface area (Å²) in [7, 11) is -2.22. The topological polar surface area (TPSA) is 116 Å². The van der Waals surface area contributed by atoms with Crippen molar-refractivity contribution in [3.05, 3.63) is 82.7 Å². The van der Waals surface area contributed by atoms with Gasteiger partial charge in [-0.2, -0.15) is 0 Å². The van der Waals surface area contributed by atoms with Crippen molar-refractivity contribution in [2.24, 2.45) is 17.8 Å². The van der Waals surface area contributed by atoms with Gasteiger partial charge in [-0.05, 0) is 105 Å². The lowest BCUT2D eigenvalue weighted by Gasteiger charge is -2.49. The molecule has 10 nitrogen and oxygen atoms in total. The molecule has 3 aromatic rings. The molecule has 5 atom stereocenters. The first kappa shape index (κ1) is 33.5. The molecule has 12 heteroatoms. The van der Waals surface area contributed by atoms with E-state index in [1.165, 1.54) is 5.56 Å². The van der Waals surface area contributed by atoms with Gasteiger partial charge in [0.25, 0.3) is 5.91 Å². The first-order valence-corrected chi connectivity index (χ1v) is 18.4. The van der Waals surface area contributed by atoms with Crippen LogP contribution in [0.3, 0.4) is 0 Å². The third kappa shape index (κ3) is 7.22. The van der Waals surface area contributed by atoms with Gasteiger partial charge in [-0.15, -0.1) is 5.10 Å². The summed E-state index contributed by atoms with van der Waals surface area (Å²) in [6.45, 7) is 5.85. The number of fused-ring (bicyclic) bond motifs is 3. The van der Waals surface area contributed by atoms with Crippen molar-refractivity contribution >= 4 is 33.2 Å². The van der Waals surface area contributed by atoms with E-state index in [1.54, 1.807) is 43.1 Å². The maximum atomic E-state index is 13.5. The third-order valence-electron chi connectivity index (χ3n) is 10.4. The van der Waals surface area contributed by atoms with Gasteiger partial charge < -0.3 is 14.4 Å². The average Bonchev–Trinajstić information content (AvgIpc) is 3.54. The fraction of sp³-hybridized carbons (Fsp3) is 0.514. The van der Waals surface area contributed by atoms with Crippen molar-refractivity contribution in [3.63, 3.8) is 0 Å². The Hall–Kier alpha value is -3.41. The summed E-state index contributed by atoms with van der Waals surface area (Å²) in [5.41, 5.74) is 2.63. The zero-order valence-corrected chi connectivity index (χ0v) is 28.8. The number of allylic oxidation sites excluding steroid dienone is 1. The number of nitrogens with one attached hydrogen (secondary N) is 1. The number of amides is 1. The second-order valence-electron chi connectivity index (χ2n) is 13.3. The van der Waals surface area contributed by atoms with Crippen molar-refractivity contribution in [1.82, 2.24) is 19.7 Å². The molecule has 3 aliphatic rings. The molecule has 3 heterocycles. The van der Waals surface area contributed by atoms with Crippen molar-refractivity contribution in [2.75, 3.05) is 25.1 Å². The van der Waals surface area contributed by atoms with Gasteiger partial charge in [0.2, 0.25) is 10.0 Å².